The Morgan fingerprint density at radius 2 is 1.83 bits per heavy atom. The number of amides is 2. The highest BCUT2D eigenvalue weighted by Crippen LogP contribution is 2.47. The van der Waals surface area contributed by atoms with Crippen LogP contribution in [0.4, 0.5) is 11.4 Å². The van der Waals surface area contributed by atoms with E-state index >= 15 is 0 Å². The number of unbranched alkanes of at least 4 members (excludes halogenated alkanes) is 1. The first-order chi connectivity index (χ1) is 17.0. The fraction of sp³-hybridized carbons (Fsp3) is 0.286. The first-order valence-corrected chi connectivity index (χ1v) is 12.8. The molecule has 35 heavy (non-hydrogen) atoms. The molecule has 1 aliphatic heterocycles. The van der Waals surface area contributed by atoms with Crippen molar-refractivity contribution in [2.75, 3.05) is 30.2 Å². The topological polar surface area (TPSA) is 67.9 Å². The molecule has 0 saturated carbocycles. The van der Waals surface area contributed by atoms with Gasteiger partial charge in [0, 0.05) is 22.9 Å². The number of carbonyl (C=O) groups excluding carboxylic acids is 2. The second-order valence-corrected chi connectivity index (χ2v) is 9.38. The number of hydrogen-bond donors (Lipinski definition) is 1. The molecule has 0 unspecified atom stereocenters. The van der Waals surface area contributed by atoms with Crippen LogP contribution in [0.15, 0.2) is 66.7 Å². The third kappa shape index (κ3) is 5.46. The molecule has 2 amide bonds. The number of nitrogens with zero attached hydrogens (tertiary/aromatic N) is 1. The molecular formula is C28H30N2O4S. The number of para-hydroxylation sites is 1. The van der Waals surface area contributed by atoms with Crippen molar-refractivity contribution in [3.8, 4) is 11.5 Å². The van der Waals surface area contributed by atoms with Gasteiger partial charge in [-0.15, -0.1) is 11.8 Å². The Labute approximate surface area is 210 Å². The van der Waals surface area contributed by atoms with Crippen molar-refractivity contribution in [1.29, 1.82) is 0 Å². The fourth-order valence-corrected chi connectivity index (χ4v) is 5.33. The van der Waals surface area contributed by atoms with Gasteiger partial charge in [-0.25, -0.2) is 0 Å². The van der Waals surface area contributed by atoms with Crippen molar-refractivity contribution in [2.45, 2.75) is 31.6 Å². The zero-order valence-corrected chi connectivity index (χ0v) is 21.1. The lowest BCUT2D eigenvalue weighted by molar-refractivity contribution is -0.115. The molecule has 1 aliphatic rings. The van der Waals surface area contributed by atoms with E-state index in [1.54, 1.807) is 25.2 Å². The van der Waals surface area contributed by atoms with Gasteiger partial charge < -0.3 is 14.8 Å². The van der Waals surface area contributed by atoms with Crippen molar-refractivity contribution in [1.82, 2.24) is 0 Å². The maximum Gasteiger partial charge on any atom is 0.255 e. The normalized spacial score (nSPS) is 15.2. The van der Waals surface area contributed by atoms with E-state index in [9.17, 15) is 9.59 Å². The van der Waals surface area contributed by atoms with E-state index in [4.69, 9.17) is 9.47 Å². The van der Waals surface area contributed by atoms with Crippen molar-refractivity contribution in [3.05, 3.63) is 83.4 Å². The smallest absolute Gasteiger partial charge is 0.255 e. The van der Waals surface area contributed by atoms with Crippen LogP contribution in [-0.4, -0.2) is 31.8 Å². The molecule has 1 N–H and O–H groups in total. The van der Waals surface area contributed by atoms with Crippen molar-refractivity contribution in [3.63, 3.8) is 0 Å². The lowest BCUT2D eigenvalue weighted by Crippen LogP contribution is -2.29. The van der Waals surface area contributed by atoms with Crippen molar-refractivity contribution < 1.29 is 19.1 Å². The van der Waals surface area contributed by atoms with Gasteiger partial charge in [0.15, 0.2) is 0 Å². The zero-order chi connectivity index (χ0) is 24.8. The van der Waals surface area contributed by atoms with E-state index in [1.807, 2.05) is 60.7 Å². The Kier molecular flexibility index (Phi) is 7.98. The lowest BCUT2D eigenvalue weighted by Gasteiger charge is -2.27. The number of carbonyl (C=O) groups is 2. The van der Waals surface area contributed by atoms with Crippen LogP contribution in [-0.2, 0) is 11.2 Å². The van der Waals surface area contributed by atoms with Gasteiger partial charge in [-0.3, -0.25) is 14.5 Å². The average Bonchev–Trinajstić information content (AvgIpc) is 3.28. The van der Waals surface area contributed by atoms with Gasteiger partial charge >= 0.3 is 0 Å². The van der Waals surface area contributed by atoms with Crippen LogP contribution in [0, 0.1) is 0 Å². The highest BCUT2D eigenvalue weighted by Gasteiger charge is 2.37. The molecule has 0 bridgehead atoms. The molecule has 1 heterocycles. The lowest BCUT2D eigenvalue weighted by atomic mass is 10.1. The molecule has 4 rings (SSSR count). The number of thioether (sulfide) groups is 1. The molecule has 6 nitrogen and oxygen atoms in total. The van der Waals surface area contributed by atoms with Crippen LogP contribution in [0.1, 0.15) is 46.6 Å². The van der Waals surface area contributed by atoms with Gasteiger partial charge in [0.05, 0.1) is 25.7 Å². The van der Waals surface area contributed by atoms with Crippen LogP contribution in [0.2, 0.25) is 0 Å². The summed E-state index contributed by atoms with van der Waals surface area (Å²) in [5, 5.41) is 2.75. The van der Waals surface area contributed by atoms with Crippen molar-refractivity contribution in [2.24, 2.45) is 0 Å². The molecule has 0 radical (unpaired) electrons. The molecule has 3 aromatic rings. The Balaban J connectivity index is 1.60. The van der Waals surface area contributed by atoms with E-state index < -0.39 is 0 Å². The summed E-state index contributed by atoms with van der Waals surface area (Å²) in [7, 11) is 3.16. The number of benzene rings is 3. The van der Waals surface area contributed by atoms with E-state index in [-0.39, 0.29) is 17.2 Å². The fourth-order valence-electron chi connectivity index (χ4n) is 4.12. The van der Waals surface area contributed by atoms with Gasteiger partial charge in [0.25, 0.3) is 5.91 Å². The predicted octanol–water partition coefficient (Wildman–Crippen LogP) is 6.08. The molecule has 0 aliphatic carbocycles. The maximum atomic E-state index is 13.1. The summed E-state index contributed by atoms with van der Waals surface area (Å²) in [5.74, 6) is 1.33. The highest BCUT2D eigenvalue weighted by atomic mass is 32.2. The van der Waals surface area contributed by atoms with Gasteiger partial charge in [0.1, 0.15) is 16.9 Å². The zero-order valence-electron chi connectivity index (χ0n) is 20.2. The average molecular weight is 491 g/mol. The van der Waals surface area contributed by atoms with Gasteiger partial charge in [-0.1, -0.05) is 43.7 Å². The van der Waals surface area contributed by atoms with E-state index in [0.29, 0.717) is 34.2 Å². The Morgan fingerprint density at radius 3 is 2.54 bits per heavy atom. The summed E-state index contributed by atoms with van der Waals surface area (Å²) in [6, 6.07) is 20.8. The monoisotopic (exact) mass is 490 g/mol. The number of hydrogen-bond acceptors (Lipinski definition) is 5. The number of methoxy groups -OCH3 is 2. The SMILES string of the molecule is CCCCc1ccc(C(=O)Nc2ccccc2[C@@H]2SCC(=O)N2c2ccc(OC)cc2OC)cc1. The van der Waals surface area contributed by atoms with E-state index in [2.05, 4.69) is 12.2 Å². The number of aryl methyl sites for hydroxylation is 1. The molecule has 0 spiro atoms. The molecular weight excluding hydrogens is 460 g/mol. The second-order valence-electron chi connectivity index (χ2n) is 8.31. The van der Waals surface area contributed by atoms with Gasteiger partial charge in [-0.2, -0.15) is 0 Å². The van der Waals surface area contributed by atoms with Crippen molar-refractivity contribution >= 4 is 35.0 Å². The summed E-state index contributed by atoms with van der Waals surface area (Å²) in [6.07, 6.45) is 3.28. The summed E-state index contributed by atoms with van der Waals surface area (Å²) in [4.78, 5) is 27.8. The third-order valence-corrected chi connectivity index (χ3v) is 7.22. The highest BCUT2D eigenvalue weighted by molar-refractivity contribution is 8.00. The van der Waals surface area contributed by atoms with Gasteiger partial charge in [0.2, 0.25) is 5.91 Å². The summed E-state index contributed by atoms with van der Waals surface area (Å²) >= 11 is 1.52. The first-order valence-electron chi connectivity index (χ1n) is 11.7. The summed E-state index contributed by atoms with van der Waals surface area (Å²) in [6.45, 7) is 2.17. The second kappa shape index (κ2) is 11.3. The van der Waals surface area contributed by atoms with Crippen LogP contribution in [0.3, 0.4) is 0 Å². The number of rotatable bonds is 9. The Morgan fingerprint density at radius 1 is 1.06 bits per heavy atom. The minimum Gasteiger partial charge on any atom is -0.497 e. The summed E-state index contributed by atoms with van der Waals surface area (Å²) < 4.78 is 10.9. The largest absolute Gasteiger partial charge is 0.497 e. The van der Waals surface area contributed by atoms with E-state index in [0.717, 1.165) is 24.8 Å². The van der Waals surface area contributed by atoms with Crippen LogP contribution >= 0.6 is 11.8 Å². The van der Waals surface area contributed by atoms with Crippen LogP contribution < -0.4 is 19.7 Å². The molecule has 182 valence electrons. The maximum absolute atomic E-state index is 13.1. The number of ether oxygens (including phenoxy) is 2. The van der Waals surface area contributed by atoms with E-state index in [1.165, 1.54) is 17.3 Å². The molecule has 7 heteroatoms. The molecule has 1 saturated heterocycles. The van der Waals surface area contributed by atoms with Crippen LogP contribution in [0.5, 0.6) is 11.5 Å². The molecule has 3 aromatic carbocycles. The number of anilines is 2. The molecule has 0 aromatic heterocycles. The predicted molar refractivity (Wildman–Crippen MR) is 142 cm³/mol. The standard InChI is InChI=1S/C28H30N2O4S/c1-4-5-8-19-11-13-20(14-12-19)27(32)29-23-10-7-6-9-22(23)28-30(26(31)18-35-28)24-16-15-21(33-2)17-25(24)34-3/h6-7,9-17,28H,4-5,8,18H2,1-3H3,(H,29,32)/t28-/m0/s1. The Bertz CT molecular complexity index is 1200. The number of nitrogens with one attached hydrogen (secondary N) is 1. The first kappa shape index (κ1) is 24.7. The van der Waals surface area contributed by atoms with Gasteiger partial charge in [-0.05, 0) is 48.7 Å². The quantitative estimate of drug-likeness (QED) is 0.394. The Hall–Kier alpha value is -3.45. The molecule has 1 fully saturated rings. The molecule has 1 atom stereocenters. The minimum absolute atomic E-state index is 0.0211. The minimum atomic E-state index is -0.308. The van der Waals surface area contributed by atoms with Crippen LogP contribution in [0.25, 0.3) is 0 Å². The summed E-state index contributed by atoms with van der Waals surface area (Å²) in [5.41, 5.74) is 4.03. The third-order valence-electron chi connectivity index (χ3n) is 6.02.